The maximum absolute atomic E-state index is 12.8. The molecule has 1 aliphatic carbocycles. The molecular formula is C17H24O3. The Labute approximate surface area is 121 Å². The van der Waals surface area contributed by atoms with E-state index < -0.39 is 5.60 Å². The van der Waals surface area contributed by atoms with Gasteiger partial charge in [-0.05, 0) is 23.0 Å². The lowest BCUT2D eigenvalue weighted by molar-refractivity contribution is -0.143. The minimum absolute atomic E-state index is 0.0820. The van der Waals surface area contributed by atoms with Crippen LogP contribution in [0.25, 0.3) is 0 Å². The maximum atomic E-state index is 12.8. The van der Waals surface area contributed by atoms with Gasteiger partial charge in [-0.3, -0.25) is 9.59 Å². The van der Waals surface area contributed by atoms with Crippen LogP contribution in [-0.4, -0.2) is 17.4 Å². The molecule has 1 spiro atoms. The van der Waals surface area contributed by atoms with Gasteiger partial charge in [0.1, 0.15) is 0 Å². The predicted octanol–water partition coefficient (Wildman–Crippen LogP) is 3.59. The van der Waals surface area contributed by atoms with E-state index in [0.717, 1.165) is 11.1 Å². The molecule has 2 rings (SSSR count). The molecule has 1 heterocycles. The molecule has 0 aromatic heterocycles. The molecule has 0 atom stereocenters. The van der Waals surface area contributed by atoms with Crippen LogP contribution in [0.1, 0.15) is 54.4 Å². The number of hydrogen-bond donors (Lipinski definition) is 0. The lowest BCUT2D eigenvalue weighted by atomic mass is 9.69. The van der Waals surface area contributed by atoms with Gasteiger partial charge in [-0.1, -0.05) is 41.5 Å². The molecule has 1 fully saturated rings. The molecule has 0 aromatic carbocycles. The van der Waals surface area contributed by atoms with E-state index in [1.807, 2.05) is 53.7 Å². The minimum atomic E-state index is -0.712. The van der Waals surface area contributed by atoms with Crippen LogP contribution < -0.4 is 0 Å². The fourth-order valence-corrected chi connectivity index (χ4v) is 2.74. The standard InChI is InChI=1S/C17H24O3/c1-15(2,3)11-9-17(8-7-13(18)20-17)10-12(14(11)19)16(4,5)6/h9-10H,7-8H2,1-6H3. The van der Waals surface area contributed by atoms with E-state index in [0.29, 0.717) is 12.8 Å². The third kappa shape index (κ3) is 2.58. The van der Waals surface area contributed by atoms with Gasteiger partial charge < -0.3 is 4.74 Å². The maximum Gasteiger partial charge on any atom is 0.307 e. The van der Waals surface area contributed by atoms with Crippen LogP contribution in [0.15, 0.2) is 23.3 Å². The third-order valence-electron chi connectivity index (χ3n) is 3.91. The molecule has 2 aliphatic rings. The summed E-state index contributed by atoms with van der Waals surface area (Å²) in [6.45, 7) is 12.1. The lowest BCUT2D eigenvalue weighted by Crippen LogP contribution is -2.37. The molecule has 1 saturated heterocycles. The highest BCUT2D eigenvalue weighted by Gasteiger charge is 2.45. The Bertz CT molecular complexity index is 487. The second kappa shape index (κ2) is 4.31. The highest BCUT2D eigenvalue weighted by Crippen LogP contribution is 2.44. The van der Waals surface area contributed by atoms with E-state index in [9.17, 15) is 9.59 Å². The molecular weight excluding hydrogens is 252 g/mol. The summed E-state index contributed by atoms with van der Waals surface area (Å²) in [5.74, 6) is -0.105. The molecule has 0 aromatic rings. The first-order chi connectivity index (χ1) is 8.95. The summed E-state index contributed by atoms with van der Waals surface area (Å²) in [5, 5.41) is 0. The topological polar surface area (TPSA) is 43.4 Å². The number of carbonyl (C=O) groups is 2. The van der Waals surface area contributed by atoms with Gasteiger partial charge in [0, 0.05) is 17.6 Å². The summed E-state index contributed by atoms with van der Waals surface area (Å²) in [4.78, 5) is 24.3. The number of ether oxygens (including phenoxy) is 1. The van der Waals surface area contributed by atoms with Crippen molar-refractivity contribution in [1.82, 2.24) is 0 Å². The van der Waals surface area contributed by atoms with Gasteiger partial charge in [-0.25, -0.2) is 0 Å². The van der Waals surface area contributed by atoms with Gasteiger partial charge in [0.05, 0.1) is 6.42 Å². The molecule has 3 nitrogen and oxygen atoms in total. The summed E-state index contributed by atoms with van der Waals surface area (Å²) in [6, 6.07) is 0. The molecule has 0 unspecified atom stereocenters. The van der Waals surface area contributed by atoms with Crippen molar-refractivity contribution in [2.24, 2.45) is 10.8 Å². The molecule has 1 aliphatic heterocycles. The van der Waals surface area contributed by atoms with Crippen molar-refractivity contribution in [3.8, 4) is 0 Å². The number of carbonyl (C=O) groups excluding carboxylic acids is 2. The van der Waals surface area contributed by atoms with Crippen LogP contribution in [0.2, 0.25) is 0 Å². The Morgan fingerprint density at radius 3 is 1.70 bits per heavy atom. The fourth-order valence-electron chi connectivity index (χ4n) is 2.74. The highest BCUT2D eigenvalue weighted by molar-refractivity contribution is 6.11. The zero-order chi connectivity index (χ0) is 15.3. The number of esters is 1. The van der Waals surface area contributed by atoms with Crippen molar-refractivity contribution in [1.29, 1.82) is 0 Å². The van der Waals surface area contributed by atoms with E-state index >= 15 is 0 Å². The summed E-state index contributed by atoms with van der Waals surface area (Å²) in [7, 11) is 0. The molecule has 0 amide bonds. The first-order valence-corrected chi connectivity index (χ1v) is 7.18. The summed E-state index contributed by atoms with van der Waals surface area (Å²) in [5.41, 5.74) is 0.267. The van der Waals surface area contributed by atoms with Crippen molar-refractivity contribution in [2.75, 3.05) is 0 Å². The van der Waals surface area contributed by atoms with Crippen molar-refractivity contribution in [3.05, 3.63) is 23.3 Å². The van der Waals surface area contributed by atoms with Gasteiger partial charge in [0.25, 0.3) is 0 Å². The second-order valence-corrected chi connectivity index (χ2v) is 7.87. The van der Waals surface area contributed by atoms with Crippen molar-refractivity contribution >= 4 is 11.8 Å². The summed E-state index contributed by atoms with van der Waals surface area (Å²) >= 11 is 0. The number of allylic oxidation sites excluding steroid dienone is 2. The van der Waals surface area contributed by atoms with Gasteiger partial charge in [0.15, 0.2) is 11.4 Å². The zero-order valence-electron chi connectivity index (χ0n) is 13.3. The average molecular weight is 276 g/mol. The number of Topliss-reactive ketones (excluding diaryl/α,β-unsaturated/α-hetero) is 1. The fraction of sp³-hybridized carbons (Fsp3) is 0.647. The molecule has 3 heteroatoms. The summed E-state index contributed by atoms with van der Waals surface area (Å²) in [6.07, 6.45) is 4.78. The highest BCUT2D eigenvalue weighted by atomic mass is 16.6. The molecule has 0 radical (unpaired) electrons. The quantitative estimate of drug-likeness (QED) is 0.635. The Balaban J connectivity index is 2.57. The predicted molar refractivity (Wildman–Crippen MR) is 78.1 cm³/mol. The summed E-state index contributed by atoms with van der Waals surface area (Å²) < 4.78 is 5.54. The van der Waals surface area contributed by atoms with Crippen molar-refractivity contribution < 1.29 is 14.3 Å². The SMILES string of the molecule is CC(C)(C)C1=CC2(C=C(C(C)(C)C)C1=O)CCC(=O)O2. The van der Waals surface area contributed by atoms with Crippen LogP contribution in [0.4, 0.5) is 0 Å². The van der Waals surface area contributed by atoms with Gasteiger partial charge in [-0.2, -0.15) is 0 Å². The Morgan fingerprint density at radius 2 is 1.40 bits per heavy atom. The molecule has 0 saturated carbocycles. The van der Waals surface area contributed by atoms with E-state index in [1.54, 1.807) is 0 Å². The Kier molecular flexibility index (Phi) is 3.23. The Hall–Kier alpha value is -1.38. The van der Waals surface area contributed by atoms with Crippen molar-refractivity contribution in [2.45, 2.75) is 60.0 Å². The minimum Gasteiger partial charge on any atom is -0.450 e. The molecule has 0 bridgehead atoms. The van der Waals surface area contributed by atoms with Crippen LogP contribution >= 0.6 is 0 Å². The Morgan fingerprint density at radius 1 is 0.950 bits per heavy atom. The number of hydrogen-bond acceptors (Lipinski definition) is 3. The third-order valence-corrected chi connectivity index (χ3v) is 3.91. The second-order valence-electron chi connectivity index (χ2n) is 7.87. The normalized spacial score (nSPS) is 22.7. The zero-order valence-corrected chi connectivity index (χ0v) is 13.3. The van der Waals surface area contributed by atoms with Crippen LogP contribution in [0.3, 0.4) is 0 Å². The largest absolute Gasteiger partial charge is 0.450 e. The van der Waals surface area contributed by atoms with Crippen LogP contribution in [0.5, 0.6) is 0 Å². The van der Waals surface area contributed by atoms with E-state index in [1.165, 1.54) is 0 Å². The molecule has 0 N–H and O–H groups in total. The van der Waals surface area contributed by atoms with Crippen molar-refractivity contribution in [3.63, 3.8) is 0 Å². The molecule has 20 heavy (non-hydrogen) atoms. The smallest absolute Gasteiger partial charge is 0.307 e. The average Bonchev–Trinajstić information content (AvgIpc) is 2.60. The lowest BCUT2D eigenvalue weighted by Gasteiger charge is -2.36. The van der Waals surface area contributed by atoms with Gasteiger partial charge in [-0.15, -0.1) is 0 Å². The van der Waals surface area contributed by atoms with Gasteiger partial charge >= 0.3 is 5.97 Å². The number of ketones is 1. The van der Waals surface area contributed by atoms with Crippen LogP contribution in [-0.2, 0) is 14.3 Å². The van der Waals surface area contributed by atoms with E-state index in [4.69, 9.17) is 4.74 Å². The van der Waals surface area contributed by atoms with Gasteiger partial charge in [0.2, 0.25) is 0 Å². The first kappa shape index (κ1) is 15.0. The monoisotopic (exact) mass is 276 g/mol. The van der Waals surface area contributed by atoms with Crippen LogP contribution in [0, 0.1) is 10.8 Å². The van der Waals surface area contributed by atoms with E-state index in [-0.39, 0.29) is 22.6 Å². The first-order valence-electron chi connectivity index (χ1n) is 7.18. The van der Waals surface area contributed by atoms with E-state index in [2.05, 4.69) is 0 Å². The number of rotatable bonds is 0. The molecule has 110 valence electrons.